The van der Waals surface area contributed by atoms with Crippen molar-refractivity contribution in [1.29, 1.82) is 0 Å². The number of nitrogens with two attached hydrogens (primary N) is 1. The molecule has 59 heavy (non-hydrogen) atoms. The highest BCUT2D eigenvalue weighted by Crippen LogP contribution is 2.38. The van der Waals surface area contributed by atoms with Crippen molar-refractivity contribution in [1.82, 2.24) is 28.5 Å². The number of hydrogen-bond acceptors (Lipinski definition) is 13. The lowest BCUT2D eigenvalue weighted by atomic mass is 9.92. The lowest BCUT2D eigenvalue weighted by molar-refractivity contribution is -0.138. The van der Waals surface area contributed by atoms with E-state index in [9.17, 15) is 35.7 Å². The number of hydrogen-bond donors (Lipinski definition) is 4. The fraction of sp³-hybridized carbons (Fsp3) is 0.343. The molecule has 2 aliphatic rings. The van der Waals surface area contributed by atoms with Gasteiger partial charge in [-0.1, -0.05) is 25.8 Å². The number of aromatic nitrogens is 6. The molecule has 314 valence electrons. The molecule has 0 radical (unpaired) electrons. The monoisotopic (exact) mass is 878 g/mol. The molecule has 0 aliphatic carbocycles. The number of carboxylic acids is 1. The van der Waals surface area contributed by atoms with E-state index >= 15 is 0 Å². The SMILES string of the molecule is C#CCN1C(=O)COc2cc(F)c(/N=c3\snc4n3CC(C)(C)C4)cc21.CP(=O)(O)CCC(N)C(=O)O.Cc1ccn2nc(S(=O)(=O)Nc3c(F)cccc3F)nc2n1. The van der Waals surface area contributed by atoms with Gasteiger partial charge in [-0.2, -0.15) is 17.8 Å². The molecule has 5 N–H and O–H groups in total. The number of nitrogens with zero attached hydrogens (tertiary/aromatic N) is 8. The molecule has 3 aromatic heterocycles. The van der Waals surface area contributed by atoms with Gasteiger partial charge >= 0.3 is 5.97 Å². The van der Waals surface area contributed by atoms with Gasteiger partial charge in [0.05, 0.1) is 12.2 Å². The maximum Gasteiger partial charge on any atom is 0.320 e. The predicted molar refractivity (Wildman–Crippen MR) is 209 cm³/mol. The van der Waals surface area contributed by atoms with Crippen molar-refractivity contribution in [2.24, 2.45) is 16.1 Å². The number of benzene rings is 2. The van der Waals surface area contributed by atoms with Gasteiger partial charge < -0.3 is 25.0 Å². The van der Waals surface area contributed by atoms with Gasteiger partial charge in [0.1, 0.15) is 40.6 Å². The van der Waals surface area contributed by atoms with E-state index in [4.69, 9.17) is 26.9 Å². The van der Waals surface area contributed by atoms with E-state index in [1.54, 1.807) is 17.7 Å². The van der Waals surface area contributed by atoms with Crippen LogP contribution in [0.25, 0.3) is 5.78 Å². The van der Waals surface area contributed by atoms with Crippen LogP contribution in [0.5, 0.6) is 5.75 Å². The topological polar surface area (TPSA) is 250 Å². The zero-order valence-corrected chi connectivity index (χ0v) is 34.4. The Morgan fingerprint density at radius 2 is 1.90 bits per heavy atom. The molecule has 24 heteroatoms. The number of fused-ring (bicyclic) bond motifs is 3. The Morgan fingerprint density at radius 3 is 2.54 bits per heavy atom. The highest BCUT2D eigenvalue weighted by atomic mass is 32.2. The highest BCUT2D eigenvalue weighted by molar-refractivity contribution is 7.92. The molecule has 0 saturated carbocycles. The minimum Gasteiger partial charge on any atom is -0.481 e. The predicted octanol–water partition coefficient (Wildman–Crippen LogP) is 3.46. The van der Waals surface area contributed by atoms with E-state index in [1.807, 2.05) is 4.57 Å². The number of nitrogens with one attached hydrogen (secondary N) is 1. The number of carbonyl (C=O) groups excluding carboxylic acids is 1. The Balaban J connectivity index is 0.000000182. The first-order chi connectivity index (χ1) is 27.6. The van der Waals surface area contributed by atoms with Crippen molar-refractivity contribution >= 4 is 63.6 Å². The van der Waals surface area contributed by atoms with Crippen LogP contribution in [0.2, 0.25) is 0 Å². The number of anilines is 2. The number of carboxylic acid groups (broad SMARTS) is 1. The van der Waals surface area contributed by atoms with Gasteiger partial charge in [0.15, 0.2) is 19.8 Å². The summed E-state index contributed by atoms with van der Waals surface area (Å²) in [6.45, 7) is 7.94. The summed E-state index contributed by atoms with van der Waals surface area (Å²) in [6, 6.07) is 6.33. The molecule has 18 nitrogen and oxygen atoms in total. The minimum atomic E-state index is -4.35. The summed E-state index contributed by atoms with van der Waals surface area (Å²) in [5, 5.41) is 11.4. The zero-order valence-electron chi connectivity index (χ0n) is 31.8. The highest BCUT2D eigenvalue weighted by Gasteiger charge is 2.31. The van der Waals surface area contributed by atoms with Crippen molar-refractivity contribution < 1.29 is 50.5 Å². The normalized spacial score (nSPS) is 16.0. The van der Waals surface area contributed by atoms with Crippen LogP contribution in [-0.4, -0.2) is 90.8 Å². The van der Waals surface area contributed by atoms with Gasteiger partial charge in [0, 0.05) is 55.3 Å². The van der Waals surface area contributed by atoms with Crippen molar-refractivity contribution in [3.63, 3.8) is 0 Å². The molecule has 1 amide bonds. The second kappa shape index (κ2) is 17.7. The van der Waals surface area contributed by atoms with Crippen LogP contribution in [0, 0.1) is 42.1 Å². The molecule has 5 aromatic rings. The third-order valence-corrected chi connectivity index (χ3v) is 11.4. The van der Waals surface area contributed by atoms with Gasteiger partial charge in [0.25, 0.3) is 26.9 Å². The van der Waals surface area contributed by atoms with Gasteiger partial charge in [-0.15, -0.1) is 11.5 Å². The molecular formula is C35H38F3N10O8PS2. The molecule has 2 aromatic carbocycles. The Hall–Kier alpha value is -5.66. The number of carbonyl (C=O) groups is 2. The number of sulfonamides is 1. The van der Waals surface area contributed by atoms with E-state index in [1.165, 1.54) is 41.4 Å². The molecule has 0 saturated heterocycles. The van der Waals surface area contributed by atoms with Crippen LogP contribution in [0.3, 0.4) is 0 Å². The Morgan fingerprint density at radius 1 is 1.20 bits per heavy atom. The maximum absolute atomic E-state index is 14.5. The molecule has 2 atom stereocenters. The van der Waals surface area contributed by atoms with Crippen molar-refractivity contribution in [3.8, 4) is 18.1 Å². The molecular weight excluding hydrogens is 841 g/mol. The third-order valence-electron chi connectivity index (χ3n) is 8.37. The summed E-state index contributed by atoms with van der Waals surface area (Å²) in [5.41, 5.74) is 5.61. The van der Waals surface area contributed by atoms with Gasteiger partial charge in [-0.05, 0) is 43.0 Å². The molecule has 0 fully saturated rings. The molecule has 0 bridgehead atoms. The van der Waals surface area contributed by atoms with E-state index in [0.717, 1.165) is 41.5 Å². The van der Waals surface area contributed by atoms with Crippen LogP contribution in [0.1, 0.15) is 31.8 Å². The van der Waals surface area contributed by atoms with Crippen molar-refractivity contribution in [2.75, 3.05) is 35.6 Å². The molecule has 2 unspecified atom stereocenters. The average molecular weight is 879 g/mol. The quantitative estimate of drug-likeness (QED) is 0.123. The number of aryl methyl sites for hydroxylation is 1. The summed E-state index contributed by atoms with van der Waals surface area (Å²) in [6.07, 6.45) is 7.70. The summed E-state index contributed by atoms with van der Waals surface area (Å²) < 4.78 is 91.3. The fourth-order valence-electron chi connectivity index (χ4n) is 5.48. The molecule has 2 aliphatic heterocycles. The molecule has 5 heterocycles. The number of para-hydroxylation sites is 1. The summed E-state index contributed by atoms with van der Waals surface area (Å²) in [5.74, 6) is -0.235. The van der Waals surface area contributed by atoms with Crippen molar-refractivity contribution in [3.05, 3.63) is 76.4 Å². The van der Waals surface area contributed by atoms with Crippen LogP contribution in [0.15, 0.2) is 52.7 Å². The summed E-state index contributed by atoms with van der Waals surface area (Å²) >= 11 is 1.24. The minimum absolute atomic E-state index is 0.0412. The summed E-state index contributed by atoms with van der Waals surface area (Å²) in [7, 11) is -7.45. The number of rotatable bonds is 9. The lowest BCUT2D eigenvalue weighted by Gasteiger charge is -2.28. The first-order valence-electron chi connectivity index (χ1n) is 17.3. The second-order valence-corrected chi connectivity index (χ2v) is 18.9. The maximum atomic E-state index is 14.5. The van der Waals surface area contributed by atoms with Crippen LogP contribution in [-0.2, 0) is 37.1 Å². The van der Waals surface area contributed by atoms with E-state index in [-0.39, 0.29) is 48.5 Å². The van der Waals surface area contributed by atoms with Crippen LogP contribution in [0.4, 0.5) is 30.2 Å². The average Bonchev–Trinajstić information content (AvgIpc) is 3.83. The number of aliphatic carboxylic acids is 1. The first-order valence-corrected chi connectivity index (χ1v) is 21.9. The Bertz CT molecular complexity index is 2670. The smallest absolute Gasteiger partial charge is 0.320 e. The fourth-order valence-corrected chi connectivity index (χ4v) is 7.95. The van der Waals surface area contributed by atoms with Gasteiger partial charge in [-0.25, -0.2) is 27.7 Å². The Kier molecular flexibility index (Phi) is 13.3. The number of ether oxygens (including phenoxy) is 1. The zero-order chi connectivity index (χ0) is 43.4. The van der Waals surface area contributed by atoms with Gasteiger partial charge in [-0.3, -0.25) is 23.8 Å². The second-order valence-electron chi connectivity index (χ2n) is 14.1. The van der Waals surface area contributed by atoms with Gasteiger partial charge in [0.2, 0.25) is 4.80 Å². The molecule has 0 spiro atoms. The van der Waals surface area contributed by atoms with Crippen LogP contribution < -0.4 is 24.9 Å². The Labute approximate surface area is 339 Å². The number of amides is 1. The number of halogens is 3. The van der Waals surface area contributed by atoms with E-state index in [0.29, 0.717) is 21.9 Å². The van der Waals surface area contributed by atoms with Crippen LogP contribution >= 0.6 is 18.9 Å². The lowest BCUT2D eigenvalue weighted by Crippen LogP contribution is -2.39. The third kappa shape index (κ3) is 11.1. The largest absolute Gasteiger partial charge is 0.481 e. The van der Waals surface area contributed by atoms with E-state index < -0.39 is 57.7 Å². The standard InChI is InChI=1S/C18H17FN4O2S.C12H9F2N5O2S.C5H12NO4P/c1-4-5-22-13-7-12(11(19)6-14(13)25-9-16(22)24)20-17-23-10-18(2,3)8-15(23)21-26-17;1-7-5-6-19-11(15-7)16-12(17-19)22(20,21)18-10-8(13)3-2-4-9(10)14;1-11(9,10)3-2-4(6)5(7)8/h1,6-7H,5,8-10H2,2-3H3;2-6,18H,1H3;4H,2-3,6H2,1H3,(H,7,8)(H,9,10)/b20-17-;;. The van der Waals surface area contributed by atoms with Crippen molar-refractivity contribution in [2.45, 2.75) is 51.4 Å². The molecule has 7 rings (SSSR count). The summed E-state index contributed by atoms with van der Waals surface area (Å²) in [4.78, 5) is 45.2. The number of terminal acetylenes is 1. The van der Waals surface area contributed by atoms with E-state index in [2.05, 4.69) is 44.2 Å². The first kappa shape index (κ1) is 44.4.